The number of hydrogen-bond donors (Lipinski definition) is 2. The van der Waals surface area contributed by atoms with E-state index in [1.165, 1.54) is 16.7 Å². The summed E-state index contributed by atoms with van der Waals surface area (Å²) < 4.78 is 0. The van der Waals surface area contributed by atoms with Crippen molar-refractivity contribution in [3.63, 3.8) is 0 Å². The minimum atomic E-state index is -0.169. The third-order valence-corrected chi connectivity index (χ3v) is 4.51. The summed E-state index contributed by atoms with van der Waals surface area (Å²) in [5.74, 6) is 0.601. The number of H-pyrrole nitrogens is 1. The van der Waals surface area contributed by atoms with Crippen molar-refractivity contribution in [3.05, 3.63) is 60.2 Å². The van der Waals surface area contributed by atoms with Gasteiger partial charge in [-0.3, -0.25) is 14.7 Å². The van der Waals surface area contributed by atoms with Gasteiger partial charge in [0.15, 0.2) is 5.82 Å². The fraction of sp³-hybridized carbons (Fsp3) is 0.158. The van der Waals surface area contributed by atoms with Crippen LogP contribution in [0.5, 0.6) is 0 Å². The highest BCUT2D eigenvalue weighted by Crippen LogP contribution is 2.19. The molecule has 8 heteroatoms. The number of nitrogens with zero attached hydrogens (tertiary/aromatic N) is 3. The van der Waals surface area contributed by atoms with Crippen molar-refractivity contribution in [2.75, 3.05) is 25.2 Å². The molecule has 0 saturated carbocycles. The zero-order valence-electron chi connectivity index (χ0n) is 15.0. The van der Waals surface area contributed by atoms with Crippen LogP contribution in [0.2, 0.25) is 0 Å². The summed E-state index contributed by atoms with van der Waals surface area (Å²) in [7, 11) is 3.39. The van der Waals surface area contributed by atoms with Crippen LogP contribution in [0.1, 0.15) is 10.4 Å². The molecular weight excluding hydrogens is 362 g/mol. The van der Waals surface area contributed by atoms with Crippen LogP contribution < -0.4 is 5.32 Å². The predicted molar refractivity (Wildman–Crippen MR) is 106 cm³/mol. The lowest BCUT2D eigenvalue weighted by Gasteiger charge is -2.10. The van der Waals surface area contributed by atoms with E-state index in [4.69, 9.17) is 0 Å². The zero-order chi connectivity index (χ0) is 19.2. The van der Waals surface area contributed by atoms with E-state index >= 15 is 0 Å². The number of amides is 2. The Morgan fingerprint density at radius 1 is 1.07 bits per heavy atom. The number of anilines is 1. The average molecular weight is 381 g/mol. The smallest absolute Gasteiger partial charge is 0.253 e. The summed E-state index contributed by atoms with van der Waals surface area (Å²) in [5.41, 5.74) is 2.14. The van der Waals surface area contributed by atoms with Crippen LogP contribution in [0, 0.1) is 0 Å². The second kappa shape index (κ2) is 8.50. The van der Waals surface area contributed by atoms with Gasteiger partial charge in [-0.2, -0.15) is 0 Å². The molecule has 7 nitrogen and oxygen atoms in total. The maximum absolute atomic E-state index is 12.1. The van der Waals surface area contributed by atoms with Gasteiger partial charge in [0.2, 0.25) is 11.1 Å². The molecule has 2 amide bonds. The van der Waals surface area contributed by atoms with Gasteiger partial charge in [-0.05, 0) is 24.3 Å². The van der Waals surface area contributed by atoms with Gasteiger partial charge in [0, 0.05) is 30.9 Å². The quantitative estimate of drug-likeness (QED) is 0.641. The Labute approximate surface area is 161 Å². The molecule has 138 valence electrons. The molecule has 0 radical (unpaired) electrons. The van der Waals surface area contributed by atoms with Gasteiger partial charge in [0.25, 0.3) is 5.91 Å². The number of carbonyl (C=O) groups is 2. The first-order valence-electron chi connectivity index (χ1n) is 8.25. The van der Waals surface area contributed by atoms with E-state index in [1.54, 1.807) is 38.4 Å². The van der Waals surface area contributed by atoms with Crippen LogP contribution in [0.3, 0.4) is 0 Å². The normalized spacial score (nSPS) is 10.4. The molecular formula is C19H19N5O2S. The molecule has 1 aromatic heterocycles. The molecule has 0 unspecified atom stereocenters. The molecule has 1 heterocycles. The van der Waals surface area contributed by atoms with Crippen LogP contribution in [0.4, 0.5) is 5.69 Å². The molecule has 0 aliphatic heterocycles. The highest BCUT2D eigenvalue weighted by Gasteiger charge is 2.10. The van der Waals surface area contributed by atoms with Crippen LogP contribution in [-0.2, 0) is 4.79 Å². The Morgan fingerprint density at radius 2 is 1.78 bits per heavy atom. The van der Waals surface area contributed by atoms with Gasteiger partial charge in [0.1, 0.15) is 0 Å². The molecule has 0 bridgehead atoms. The van der Waals surface area contributed by atoms with E-state index in [-0.39, 0.29) is 17.6 Å². The number of rotatable bonds is 6. The van der Waals surface area contributed by atoms with E-state index in [0.717, 1.165) is 5.56 Å². The Bertz CT molecular complexity index is 923. The molecule has 0 saturated heterocycles. The third-order valence-electron chi connectivity index (χ3n) is 3.67. The second-order valence-corrected chi connectivity index (χ2v) is 6.89. The summed E-state index contributed by atoms with van der Waals surface area (Å²) >= 11 is 1.25. The fourth-order valence-electron chi connectivity index (χ4n) is 2.32. The van der Waals surface area contributed by atoms with Gasteiger partial charge in [-0.15, -0.1) is 5.10 Å². The van der Waals surface area contributed by atoms with Gasteiger partial charge in [-0.25, -0.2) is 4.98 Å². The number of aromatic nitrogens is 3. The van der Waals surface area contributed by atoms with Crippen molar-refractivity contribution in [2.45, 2.75) is 5.16 Å². The SMILES string of the molecule is CN(C)C(=O)c1ccc(NC(=O)CSc2n[nH]c(-c3ccccc3)n2)cc1. The maximum atomic E-state index is 12.1. The van der Waals surface area contributed by atoms with Crippen LogP contribution in [0.25, 0.3) is 11.4 Å². The molecule has 0 aliphatic carbocycles. The molecule has 3 rings (SSSR count). The minimum absolute atomic E-state index is 0.0812. The highest BCUT2D eigenvalue weighted by atomic mass is 32.2. The van der Waals surface area contributed by atoms with Crippen molar-refractivity contribution in [1.82, 2.24) is 20.1 Å². The number of aromatic amines is 1. The van der Waals surface area contributed by atoms with Gasteiger partial charge >= 0.3 is 0 Å². The van der Waals surface area contributed by atoms with Gasteiger partial charge in [-0.1, -0.05) is 42.1 Å². The molecule has 0 aliphatic rings. The Morgan fingerprint density at radius 3 is 2.44 bits per heavy atom. The lowest BCUT2D eigenvalue weighted by Crippen LogP contribution is -2.21. The second-order valence-electron chi connectivity index (χ2n) is 5.95. The van der Waals surface area contributed by atoms with E-state index in [9.17, 15) is 9.59 Å². The number of thioether (sulfide) groups is 1. The van der Waals surface area contributed by atoms with Crippen LogP contribution >= 0.6 is 11.8 Å². The Balaban J connectivity index is 1.53. The molecule has 27 heavy (non-hydrogen) atoms. The Kier molecular flexibility index (Phi) is 5.87. The topological polar surface area (TPSA) is 91.0 Å². The van der Waals surface area contributed by atoms with Crippen molar-refractivity contribution < 1.29 is 9.59 Å². The predicted octanol–water partition coefficient (Wildman–Crippen LogP) is 2.90. The van der Waals surface area contributed by atoms with Gasteiger partial charge in [0.05, 0.1) is 5.75 Å². The standard InChI is InChI=1S/C19H19N5O2S/c1-24(2)18(26)14-8-10-15(11-9-14)20-16(25)12-27-19-21-17(22-23-19)13-6-4-3-5-7-13/h3-11H,12H2,1-2H3,(H,20,25)(H,21,22,23). The lowest BCUT2D eigenvalue weighted by atomic mass is 10.2. The number of benzene rings is 2. The van der Waals surface area contributed by atoms with E-state index in [2.05, 4.69) is 20.5 Å². The summed E-state index contributed by atoms with van der Waals surface area (Å²) in [6, 6.07) is 16.4. The number of nitrogens with one attached hydrogen (secondary N) is 2. The lowest BCUT2D eigenvalue weighted by molar-refractivity contribution is -0.113. The zero-order valence-corrected chi connectivity index (χ0v) is 15.8. The van der Waals surface area contributed by atoms with Crippen molar-refractivity contribution in [3.8, 4) is 11.4 Å². The molecule has 0 spiro atoms. The summed E-state index contributed by atoms with van der Waals surface area (Å²) in [4.78, 5) is 29.9. The van der Waals surface area contributed by atoms with E-state index < -0.39 is 0 Å². The summed E-state index contributed by atoms with van der Waals surface area (Å²) in [5, 5.41) is 10.3. The molecule has 3 aromatic rings. The number of hydrogen-bond acceptors (Lipinski definition) is 5. The monoisotopic (exact) mass is 381 g/mol. The molecule has 0 atom stereocenters. The summed E-state index contributed by atoms with van der Waals surface area (Å²) in [6.45, 7) is 0. The molecule has 0 fully saturated rings. The first-order valence-corrected chi connectivity index (χ1v) is 9.23. The third kappa shape index (κ3) is 4.95. The van der Waals surface area contributed by atoms with Crippen LogP contribution in [0.15, 0.2) is 59.8 Å². The van der Waals surface area contributed by atoms with Crippen molar-refractivity contribution >= 4 is 29.3 Å². The largest absolute Gasteiger partial charge is 0.345 e. The molecule has 2 aromatic carbocycles. The summed E-state index contributed by atoms with van der Waals surface area (Å²) in [6.07, 6.45) is 0. The van der Waals surface area contributed by atoms with Crippen molar-refractivity contribution in [1.29, 1.82) is 0 Å². The first kappa shape index (κ1) is 18.7. The maximum Gasteiger partial charge on any atom is 0.253 e. The van der Waals surface area contributed by atoms with Crippen molar-refractivity contribution in [2.24, 2.45) is 0 Å². The molecule has 2 N–H and O–H groups in total. The fourth-order valence-corrected chi connectivity index (χ4v) is 2.92. The van der Waals surface area contributed by atoms with E-state index in [0.29, 0.717) is 22.2 Å². The first-order chi connectivity index (χ1) is 13.0. The van der Waals surface area contributed by atoms with Crippen LogP contribution in [-0.4, -0.2) is 51.7 Å². The average Bonchev–Trinajstić information content (AvgIpc) is 3.16. The Hall–Kier alpha value is -3.13. The van der Waals surface area contributed by atoms with E-state index in [1.807, 2.05) is 30.3 Å². The highest BCUT2D eigenvalue weighted by molar-refractivity contribution is 7.99. The minimum Gasteiger partial charge on any atom is -0.345 e. The van der Waals surface area contributed by atoms with Gasteiger partial charge < -0.3 is 10.2 Å². The number of carbonyl (C=O) groups excluding carboxylic acids is 2.